The molecule has 1 amide bonds. The van der Waals surface area contributed by atoms with Gasteiger partial charge in [-0.1, -0.05) is 33.1 Å². The van der Waals surface area contributed by atoms with E-state index in [1.54, 1.807) is 0 Å². The molecule has 0 aliphatic heterocycles. The van der Waals surface area contributed by atoms with Crippen molar-refractivity contribution in [3.05, 3.63) is 17.8 Å². The Morgan fingerprint density at radius 2 is 2.26 bits per heavy atom. The second-order valence-corrected chi connectivity index (χ2v) is 4.78. The molecule has 0 bridgehead atoms. The Labute approximate surface area is 115 Å². The number of nitrogens with one attached hydrogen (secondary N) is 2. The van der Waals surface area contributed by atoms with Crippen LogP contribution in [0.5, 0.6) is 0 Å². The van der Waals surface area contributed by atoms with Gasteiger partial charge < -0.3 is 15.1 Å². The van der Waals surface area contributed by atoms with Crippen molar-refractivity contribution in [2.24, 2.45) is 5.92 Å². The van der Waals surface area contributed by atoms with Gasteiger partial charge in [-0.3, -0.25) is 4.79 Å². The van der Waals surface area contributed by atoms with E-state index in [0.717, 1.165) is 12.8 Å². The number of unbranched alkanes of at least 4 members (excludes halogenated alkanes) is 1. The predicted octanol–water partition coefficient (Wildman–Crippen LogP) is 2.34. The maximum atomic E-state index is 11.9. The molecule has 1 rings (SSSR count). The number of rotatable bonds is 9. The van der Waals surface area contributed by atoms with Crippen LogP contribution in [0.1, 0.15) is 55.9 Å². The van der Waals surface area contributed by atoms with Gasteiger partial charge in [-0.05, 0) is 19.4 Å². The molecule has 1 atom stereocenters. The predicted molar refractivity (Wildman–Crippen MR) is 74.9 cm³/mol. The molecule has 0 spiro atoms. The number of hydrogen-bond donors (Lipinski definition) is 2. The van der Waals surface area contributed by atoms with Gasteiger partial charge >= 0.3 is 0 Å². The second kappa shape index (κ2) is 8.69. The number of aromatic nitrogens is 1. The highest BCUT2D eigenvalue weighted by Crippen LogP contribution is 2.11. The smallest absolute Gasteiger partial charge is 0.273 e. The maximum absolute atomic E-state index is 11.9. The van der Waals surface area contributed by atoms with Gasteiger partial charge in [-0.15, -0.1) is 0 Å². The van der Waals surface area contributed by atoms with E-state index in [9.17, 15) is 4.79 Å². The zero-order valence-electron chi connectivity index (χ0n) is 12.2. The Morgan fingerprint density at radius 1 is 1.47 bits per heavy atom. The van der Waals surface area contributed by atoms with Crippen molar-refractivity contribution < 1.29 is 9.21 Å². The Kier molecular flexibility index (Phi) is 7.18. The largest absolute Gasteiger partial charge is 0.447 e. The first-order valence-corrected chi connectivity index (χ1v) is 7.08. The highest BCUT2D eigenvalue weighted by atomic mass is 16.3. The Bertz CT molecular complexity index is 377. The molecule has 1 heterocycles. The molecule has 1 aromatic heterocycles. The summed E-state index contributed by atoms with van der Waals surface area (Å²) in [5.41, 5.74) is 0.357. The van der Waals surface area contributed by atoms with E-state index < -0.39 is 0 Å². The van der Waals surface area contributed by atoms with Crippen molar-refractivity contribution in [2.75, 3.05) is 13.6 Å². The number of oxazole rings is 1. The molecule has 19 heavy (non-hydrogen) atoms. The normalized spacial score (nSPS) is 12.4. The summed E-state index contributed by atoms with van der Waals surface area (Å²) in [5, 5.41) is 5.86. The van der Waals surface area contributed by atoms with Crippen molar-refractivity contribution in [3.8, 4) is 0 Å². The van der Waals surface area contributed by atoms with Crippen molar-refractivity contribution in [1.82, 2.24) is 15.6 Å². The zero-order valence-corrected chi connectivity index (χ0v) is 12.2. The number of nitrogens with zero attached hydrogens (tertiary/aromatic N) is 1. The highest BCUT2D eigenvalue weighted by Gasteiger charge is 2.13. The Hall–Kier alpha value is -1.36. The lowest BCUT2D eigenvalue weighted by molar-refractivity contribution is 0.0940. The molecule has 108 valence electrons. The quantitative estimate of drug-likeness (QED) is 0.720. The lowest BCUT2D eigenvalue weighted by Gasteiger charge is -2.14. The molecule has 5 heteroatoms. The zero-order chi connectivity index (χ0) is 14.1. The van der Waals surface area contributed by atoms with Crippen LogP contribution in [0.4, 0.5) is 0 Å². The average Bonchev–Trinajstić information content (AvgIpc) is 2.88. The van der Waals surface area contributed by atoms with Crippen LogP contribution in [0.15, 0.2) is 10.7 Å². The third-order valence-electron chi connectivity index (χ3n) is 3.21. The van der Waals surface area contributed by atoms with Crippen LogP contribution < -0.4 is 10.6 Å². The van der Waals surface area contributed by atoms with E-state index in [4.69, 9.17) is 4.42 Å². The van der Waals surface area contributed by atoms with Crippen molar-refractivity contribution in [3.63, 3.8) is 0 Å². The van der Waals surface area contributed by atoms with Crippen molar-refractivity contribution in [2.45, 2.75) is 46.1 Å². The molecule has 1 aromatic rings. The Morgan fingerprint density at radius 3 is 2.89 bits per heavy atom. The molecule has 0 saturated heterocycles. The molecule has 0 aliphatic carbocycles. The minimum absolute atomic E-state index is 0.152. The summed E-state index contributed by atoms with van der Waals surface area (Å²) in [7, 11) is 1.81. The fourth-order valence-electron chi connectivity index (χ4n) is 1.92. The maximum Gasteiger partial charge on any atom is 0.273 e. The SMILES string of the molecule is CCCCC(CC)CNC(=O)c1coc(CNC)n1. The van der Waals surface area contributed by atoms with Crippen molar-refractivity contribution in [1.29, 1.82) is 0 Å². The van der Waals surface area contributed by atoms with Crippen LogP contribution in [-0.4, -0.2) is 24.5 Å². The fourth-order valence-corrected chi connectivity index (χ4v) is 1.92. The van der Waals surface area contributed by atoms with Gasteiger partial charge in [-0.25, -0.2) is 4.98 Å². The van der Waals surface area contributed by atoms with E-state index in [-0.39, 0.29) is 5.91 Å². The summed E-state index contributed by atoms with van der Waals surface area (Å²) in [6.07, 6.45) is 6.07. The van der Waals surface area contributed by atoms with E-state index in [1.807, 2.05) is 7.05 Å². The summed E-state index contributed by atoms with van der Waals surface area (Å²) < 4.78 is 5.19. The lowest BCUT2D eigenvalue weighted by Crippen LogP contribution is -2.29. The highest BCUT2D eigenvalue weighted by molar-refractivity contribution is 5.91. The van der Waals surface area contributed by atoms with Gasteiger partial charge in [0, 0.05) is 6.54 Å². The summed E-state index contributed by atoms with van der Waals surface area (Å²) in [6.45, 7) is 5.59. The van der Waals surface area contributed by atoms with Crippen LogP contribution in [0.25, 0.3) is 0 Å². The number of amides is 1. The molecule has 2 N–H and O–H groups in total. The molecule has 1 unspecified atom stereocenters. The van der Waals surface area contributed by atoms with E-state index in [0.29, 0.717) is 30.6 Å². The fraction of sp³-hybridized carbons (Fsp3) is 0.714. The van der Waals surface area contributed by atoms with Gasteiger partial charge in [0.05, 0.1) is 6.54 Å². The van der Waals surface area contributed by atoms with Crippen LogP contribution in [0.3, 0.4) is 0 Å². The van der Waals surface area contributed by atoms with Gasteiger partial charge in [0.1, 0.15) is 6.26 Å². The number of carbonyl (C=O) groups is 1. The number of hydrogen-bond acceptors (Lipinski definition) is 4. The lowest BCUT2D eigenvalue weighted by atomic mass is 9.99. The molecule has 5 nitrogen and oxygen atoms in total. The van der Waals surface area contributed by atoms with Crippen LogP contribution >= 0.6 is 0 Å². The van der Waals surface area contributed by atoms with Crippen LogP contribution in [0, 0.1) is 5.92 Å². The monoisotopic (exact) mass is 267 g/mol. The molecular weight excluding hydrogens is 242 g/mol. The van der Waals surface area contributed by atoms with E-state index >= 15 is 0 Å². The molecule has 0 saturated carbocycles. The summed E-state index contributed by atoms with van der Waals surface area (Å²) in [5.74, 6) is 0.930. The molecule has 0 fully saturated rings. The van der Waals surface area contributed by atoms with Gasteiger partial charge in [0.25, 0.3) is 5.91 Å². The summed E-state index contributed by atoms with van der Waals surface area (Å²) >= 11 is 0. The average molecular weight is 267 g/mol. The van der Waals surface area contributed by atoms with Crippen LogP contribution in [0.2, 0.25) is 0 Å². The topological polar surface area (TPSA) is 67.2 Å². The molecular formula is C14H25N3O2. The van der Waals surface area contributed by atoms with Crippen LogP contribution in [-0.2, 0) is 6.54 Å². The minimum atomic E-state index is -0.152. The summed E-state index contributed by atoms with van der Waals surface area (Å²) in [6, 6.07) is 0. The summed E-state index contributed by atoms with van der Waals surface area (Å²) in [4.78, 5) is 16.0. The van der Waals surface area contributed by atoms with Gasteiger partial charge in [-0.2, -0.15) is 0 Å². The first-order valence-electron chi connectivity index (χ1n) is 7.08. The first-order chi connectivity index (χ1) is 9.21. The second-order valence-electron chi connectivity index (χ2n) is 4.78. The minimum Gasteiger partial charge on any atom is -0.447 e. The molecule has 0 aliphatic rings. The standard InChI is InChI=1S/C14H25N3O2/c1-4-6-7-11(5-2)8-16-14(18)12-10-19-13(17-12)9-15-3/h10-11,15H,4-9H2,1-3H3,(H,16,18). The van der Waals surface area contributed by atoms with E-state index in [2.05, 4.69) is 29.5 Å². The van der Waals surface area contributed by atoms with Crippen molar-refractivity contribution >= 4 is 5.91 Å². The Balaban J connectivity index is 2.40. The van der Waals surface area contributed by atoms with E-state index in [1.165, 1.54) is 19.1 Å². The third kappa shape index (κ3) is 5.42. The molecule has 0 radical (unpaired) electrons. The first kappa shape index (κ1) is 15.7. The van der Waals surface area contributed by atoms with Gasteiger partial charge in [0.15, 0.2) is 5.69 Å². The third-order valence-corrected chi connectivity index (χ3v) is 3.21. The molecule has 0 aromatic carbocycles. The number of carbonyl (C=O) groups excluding carboxylic acids is 1. The van der Waals surface area contributed by atoms with Gasteiger partial charge in [0.2, 0.25) is 5.89 Å².